The second-order valence-electron chi connectivity index (χ2n) is 4.15. The van der Waals surface area contributed by atoms with Gasteiger partial charge in [0.05, 0.1) is 11.9 Å². The number of carbonyl (C=O) groups is 1. The third-order valence-electron chi connectivity index (χ3n) is 3.00. The topological polar surface area (TPSA) is 49.6 Å². The van der Waals surface area contributed by atoms with Gasteiger partial charge >= 0.3 is 0 Å². The Morgan fingerprint density at radius 1 is 1.44 bits per heavy atom. The van der Waals surface area contributed by atoms with Gasteiger partial charge in [-0.25, -0.2) is 4.98 Å². The maximum atomic E-state index is 12.0. The first kappa shape index (κ1) is 11.4. The second kappa shape index (κ2) is 4.91. The van der Waals surface area contributed by atoms with Crippen molar-refractivity contribution in [1.82, 2.24) is 19.6 Å². The van der Waals surface area contributed by atoms with Crippen molar-refractivity contribution in [2.45, 2.75) is 0 Å². The predicted molar refractivity (Wildman–Crippen MR) is 71.6 cm³/mol. The average molecular weight is 262 g/mol. The molecule has 0 bridgehead atoms. The van der Waals surface area contributed by atoms with Gasteiger partial charge in [0.2, 0.25) is 5.91 Å². The zero-order valence-corrected chi connectivity index (χ0v) is 10.7. The fourth-order valence-electron chi connectivity index (χ4n) is 2.02. The summed E-state index contributed by atoms with van der Waals surface area (Å²) in [5, 5.41) is 5.21. The fourth-order valence-corrected chi connectivity index (χ4v) is 2.71. The Balaban J connectivity index is 1.73. The second-order valence-corrected chi connectivity index (χ2v) is 5.02. The molecule has 6 heteroatoms. The highest BCUT2D eigenvalue weighted by Gasteiger charge is 2.13. The van der Waals surface area contributed by atoms with E-state index in [1.807, 2.05) is 27.0 Å². The molecule has 0 saturated carbocycles. The first-order valence-corrected chi connectivity index (χ1v) is 6.81. The molecule has 1 saturated heterocycles. The van der Waals surface area contributed by atoms with Crippen LogP contribution in [0.25, 0.3) is 11.0 Å². The van der Waals surface area contributed by atoms with E-state index in [2.05, 4.69) is 10.3 Å². The monoisotopic (exact) mass is 262 g/mol. The zero-order valence-electron chi connectivity index (χ0n) is 9.87. The molecule has 18 heavy (non-hydrogen) atoms. The quantitative estimate of drug-likeness (QED) is 0.816. The lowest BCUT2D eigenvalue weighted by Crippen LogP contribution is -2.45. The molecule has 1 fully saturated rings. The summed E-state index contributed by atoms with van der Waals surface area (Å²) in [7, 11) is 0. The number of nitrogens with one attached hydrogen (secondary N) is 1. The van der Waals surface area contributed by atoms with E-state index in [0.717, 1.165) is 36.8 Å². The number of hydrogen-bond donors (Lipinski definition) is 1. The molecule has 0 unspecified atom stereocenters. The number of aromatic nitrogens is 2. The predicted octanol–water partition coefficient (Wildman–Crippen LogP) is 0.841. The molecular formula is C12H14N4OS. The maximum absolute atomic E-state index is 12.0. The minimum absolute atomic E-state index is 0.0710. The van der Waals surface area contributed by atoms with Crippen molar-refractivity contribution in [3.05, 3.63) is 29.5 Å². The number of hydrogen-bond acceptors (Lipinski definition) is 4. The van der Waals surface area contributed by atoms with Crippen molar-refractivity contribution in [3.8, 4) is 0 Å². The molecule has 2 aromatic rings. The first-order valence-electron chi connectivity index (χ1n) is 5.93. The SMILES string of the molecule is O=C(/C=C/c1cnc2sccn12)N1CCNCC1. The van der Waals surface area contributed by atoms with Gasteiger partial charge in [0.25, 0.3) is 0 Å². The van der Waals surface area contributed by atoms with Crippen molar-refractivity contribution < 1.29 is 4.79 Å². The summed E-state index contributed by atoms with van der Waals surface area (Å²) >= 11 is 1.58. The molecule has 2 aromatic heterocycles. The van der Waals surface area contributed by atoms with Gasteiger partial charge in [-0.1, -0.05) is 0 Å². The average Bonchev–Trinajstić information content (AvgIpc) is 3.00. The van der Waals surface area contributed by atoms with Crippen molar-refractivity contribution >= 4 is 28.3 Å². The lowest BCUT2D eigenvalue weighted by molar-refractivity contribution is -0.126. The minimum atomic E-state index is 0.0710. The van der Waals surface area contributed by atoms with Gasteiger partial charge in [0.1, 0.15) is 0 Å². The summed E-state index contributed by atoms with van der Waals surface area (Å²) in [5.74, 6) is 0.0710. The molecule has 0 aromatic carbocycles. The molecule has 3 heterocycles. The van der Waals surface area contributed by atoms with Gasteiger partial charge in [-0.15, -0.1) is 11.3 Å². The van der Waals surface area contributed by atoms with Crippen LogP contribution in [0, 0.1) is 0 Å². The number of nitrogens with zero attached hydrogens (tertiary/aromatic N) is 3. The third kappa shape index (κ3) is 2.16. The highest BCUT2D eigenvalue weighted by atomic mass is 32.1. The number of thiazole rings is 1. The van der Waals surface area contributed by atoms with Crippen LogP contribution < -0.4 is 5.32 Å². The molecule has 1 aliphatic rings. The van der Waals surface area contributed by atoms with Gasteiger partial charge < -0.3 is 10.2 Å². The molecule has 0 radical (unpaired) electrons. The standard InChI is InChI=1S/C12H14N4OS/c17-11(15-5-3-13-4-6-15)2-1-10-9-14-12-16(10)7-8-18-12/h1-2,7-9,13H,3-6H2/b2-1+. The van der Waals surface area contributed by atoms with Crippen LogP contribution >= 0.6 is 11.3 Å². The van der Waals surface area contributed by atoms with E-state index in [1.54, 1.807) is 23.6 Å². The number of fused-ring (bicyclic) bond motifs is 1. The van der Waals surface area contributed by atoms with Crippen LogP contribution in [-0.4, -0.2) is 46.4 Å². The normalized spacial score (nSPS) is 16.8. The van der Waals surface area contributed by atoms with E-state index >= 15 is 0 Å². The van der Waals surface area contributed by atoms with Crippen LogP contribution in [0.4, 0.5) is 0 Å². The summed E-state index contributed by atoms with van der Waals surface area (Å²) in [6.07, 6.45) is 7.21. The molecule has 0 spiro atoms. The molecule has 1 amide bonds. The molecular weight excluding hydrogens is 248 g/mol. The molecule has 3 rings (SSSR count). The summed E-state index contributed by atoms with van der Waals surface area (Å²) in [6.45, 7) is 3.31. The van der Waals surface area contributed by atoms with Crippen molar-refractivity contribution in [2.75, 3.05) is 26.2 Å². The van der Waals surface area contributed by atoms with E-state index < -0.39 is 0 Å². The Bertz CT molecular complexity index is 580. The summed E-state index contributed by atoms with van der Waals surface area (Å²) in [5.41, 5.74) is 0.940. The fraction of sp³-hybridized carbons (Fsp3) is 0.333. The Labute approximate surface area is 109 Å². The largest absolute Gasteiger partial charge is 0.337 e. The van der Waals surface area contributed by atoms with Gasteiger partial charge in [-0.05, 0) is 6.08 Å². The highest BCUT2D eigenvalue weighted by molar-refractivity contribution is 7.15. The van der Waals surface area contributed by atoms with Crippen LogP contribution in [0.1, 0.15) is 5.69 Å². The summed E-state index contributed by atoms with van der Waals surface area (Å²) in [6, 6.07) is 0. The third-order valence-corrected chi connectivity index (χ3v) is 3.77. The Hall–Kier alpha value is -1.66. The smallest absolute Gasteiger partial charge is 0.246 e. The van der Waals surface area contributed by atoms with Crippen LogP contribution in [-0.2, 0) is 4.79 Å². The van der Waals surface area contributed by atoms with E-state index in [-0.39, 0.29) is 5.91 Å². The zero-order chi connectivity index (χ0) is 12.4. The number of carbonyl (C=O) groups excluding carboxylic acids is 1. The Morgan fingerprint density at radius 3 is 3.11 bits per heavy atom. The Kier molecular flexibility index (Phi) is 3.12. The van der Waals surface area contributed by atoms with Crippen molar-refractivity contribution in [3.63, 3.8) is 0 Å². The summed E-state index contributed by atoms with van der Waals surface area (Å²) in [4.78, 5) is 19.0. The number of piperazine rings is 1. The lowest BCUT2D eigenvalue weighted by atomic mass is 10.3. The minimum Gasteiger partial charge on any atom is -0.337 e. The highest BCUT2D eigenvalue weighted by Crippen LogP contribution is 2.13. The molecule has 1 N–H and O–H groups in total. The van der Waals surface area contributed by atoms with E-state index in [0.29, 0.717) is 0 Å². The van der Waals surface area contributed by atoms with Gasteiger partial charge in [-0.3, -0.25) is 9.20 Å². The van der Waals surface area contributed by atoms with Gasteiger partial charge in [0.15, 0.2) is 4.96 Å². The molecule has 94 valence electrons. The molecule has 0 atom stereocenters. The van der Waals surface area contributed by atoms with Crippen LogP contribution in [0.15, 0.2) is 23.8 Å². The molecule has 5 nitrogen and oxygen atoms in total. The number of amides is 1. The van der Waals surface area contributed by atoms with Gasteiger partial charge in [0, 0.05) is 43.8 Å². The van der Waals surface area contributed by atoms with Gasteiger partial charge in [-0.2, -0.15) is 0 Å². The van der Waals surface area contributed by atoms with E-state index in [1.165, 1.54) is 0 Å². The molecule has 1 aliphatic heterocycles. The van der Waals surface area contributed by atoms with Crippen LogP contribution in [0.2, 0.25) is 0 Å². The maximum Gasteiger partial charge on any atom is 0.246 e. The van der Waals surface area contributed by atoms with E-state index in [9.17, 15) is 4.79 Å². The van der Waals surface area contributed by atoms with Crippen molar-refractivity contribution in [2.24, 2.45) is 0 Å². The number of imidazole rings is 1. The van der Waals surface area contributed by atoms with Crippen LogP contribution in [0.3, 0.4) is 0 Å². The van der Waals surface area contributed by atoms with E-state index in [4.69, 9.17) is 0 Å². The number of rotatable bonds is 2. The van der Waals surface area contributed by atoms with Crippen molar-refractivity contribution in [1.29, 1.82) is 0 Å². The molecule has 0 aliphatic carbocycles. The lowest BCUT2D eigenvalue weighted by Gasteiger charge is -2.26. The van der Waals surface area contributed by atoms with Crippen LogP contribution in [0.5, 0.6) is 0 Å². The Morgan fingerprint density at radius 2 is 2.28 bits per heavy atom. The first-order chi connectivity index (χ1) is 8.84. The summed E-state index contributed by atoms with van der Waals surface area (Å²) < 4.78 is 1.98.